The molecule has 1 heterocycles. The number of nitrogens with two attached hydrogens (primary N) is 1. The summed E-state index contributed by atoms with van der Waals surface area (Å²) < 4.78 is 34.7. The topological polar surface area (TPSA) is 29.3 Å². The van der Waals surface area contributed by atoms with Crippen molar-refractivity contribution in [3.8, 4) is 0 Å². The first kappa shape index (κ1) is 7.81. The summed E-state index contributed by atoms with van der Waals surface area (Å²) in [5.41, 5.74) is 5.28. The Hall–Kier alpha value is -0.290. The Labute approximate surface area is 56.8 Å². The third-order valence-corrected chi connectivity index (χ3v) is 1.39. The molecule has 1 aliphatic rings. The normalized spacial score (nSPS) is 22.8. The molecule has 0 aromatic heterocycles. The fourth-order valence-corrected chi connectivity index (χ4v) is 0.992. The van der Waals surface area contributed by atoms with E-state index in [9.17, 15) is 13.2 Å². The second-order valence-corrected chi connectivity index (χ2v) is 2.57. The monoisotopic (exact) mass is 154 g/mol. The number of rotatable bonds is 1. The molecular formula is C5H9F3N2. The number of likely N-dealkylation sites (tertiary alicyclic amines) is 1. The molecule has 0 radical (unpaired) electrons. The molecule has 0 unspecified atom stereocenters. The lowest BCUT2D eigenvalue weighted by Gasteiger charge is -2.36. The molecule has 60 valence electrons. The molecule has 1 saturated heterocycles. The van der Waals surface area contributed by atoms with E-state index in [4.69, 9.17) is 5.73 Å². The SMILES string of the molecule is NC1CN(CC(F)(F)F)C1. The van der Waals surface area contributed by atoms with Crippen LogP contribution in [0.4, 0.5) is 13.2 Å². The van der Waals surface area contributed by atoms with Crippen LogP contribution in [0.15, 0.2) is 0 Å². The largest absolute Gasteiger partial charge is 0.401 e. The fraction of sp³-hybridized carbons (Fsp3) is 1.00. The van der Waals surface area contributed by atoms with E-state index in [0.717, 1.165) is 0 Å². The van der Waals surface area contributed by atoms with Crippen LogP contribution in [0.2, 0.25) is 0 Å². The summed E-state index contributed by atoms with van der Waals surface area (Å²) in [5, 5.41) is 0. The van der Waals surface area contributed by atoms with E-state index in [0.29, 0.717) is 13.1 Å². The first-order chi connectivity index (χ1) is 4.47. The Morgan fingerprint density at radius 2 is 1.90 bits per heavy atom. The molecule has 2 N–H and O–H groups in total. The molecule has 0 saturated carbocycles. The smallest absolute Gasteiger partial charge is 0.325 e. The Morgan fingerprint density at radius 1 is 1.40 bits per heavy atom. The molecule has 1 aliphatic heterocycles. The maximum Gasteiger partial charge on any atom is 0.401 e. The van der Waals surface area contributed by atoms with Crippen LogP contribution >= 0.6 is 0 Å². The highest BCUT2D eigenvalue weighted by molar-refractivity contribution is 4.83. The molecule has 0 atom stereocenters. The van der Waals surface area contributed by atoms with Gasteiger partial charge in [0.1, 0.15) is 0 Å². The molecule has 2 nitrogen and oxygen atoms in total. The van der Waals surface area contributed by atoms with E-state index >= 15 is 0 Å². The zero-order chi connectivity index (χ0) is 7.78. The van der Waals surface area contributed by atoms with Gasteiger partial charge in [-0.3, -0.25) is 4.90 Å². The predicted octanol–water partition coefficient (Wildman–Crippen LogP) is 0.192. The summed E-state index contributed by atoms with van der Waals surface area (Å²) in [6.07, 6.45) is -4.07. The minimum absolute atomic E-state index is 0.0534. The Bertz CT molecular complexity index is 117. The molecule has 5 heteroatoms. The lowest BCUT2D eigenvalue weighted by molar-refractivity contribution is -0.154. The highest BCUT2D eigenvalue weighted by Gasteiger charge is 2.35. The van der Waals surface area contributed by atoms with Crippen molar-refractivity contribution in [3.05, 3.63) is 0 Å². The Morgan fingerprint density at radius 3 is 2.20 bits per heavy atom. The third kappa shape index (κ3) is 2.15. The second-order valence-electron chi connectivity index (χ2n) is 2.57. The van der Waals surface area contributed by atoms with Crippen LogP contribution in [-0.2, 0) is 0 Å². The summed E-state index contributed by atoms with van der Waals surface area (Å²) in [4.78, 5) is 1.28. The Kier molecular flexibility index (Phi) is 1.87. The first-order valence-corrected chi connectivity index (χ1v) is 3.02. The van der Waals surface area contributed by atoms with Gasteiger partial charge in [-0.2, -0.15) is 13.2 Å². The van der Waals surface area contributed by atoms with Gasteiger partial charge < -0.3 is 5.73 Å². The van der Waals surface area contributed by atoms with Crippen molar-refractivity contribution < 1.29 is 13.2 Å². The number of halogens is 3. The van der Waals surface area contributed by atoms with Crippen molar-refractivity contribution in [2.45, 2.75) is 12.2 Å². The van der Waals surface area contributed by atoms with E-state index in [1.165, 1.54) is 4.90 Å². The van der Waals surface area contributed by atoms with E-state index < -0.39 is 12.7 Å². The molecule has 10 heavy (non-hydrogen) atoms. The van der Waals surface area contributed by atoms with Gasteiger partial charge in [0.2, 0.25) is 0 Å². The minimum Gasteiger partial charge on any atom is -0.325 e. The quantitative estimate of drug-likeness (QED) is 0.584. The van der Waals surface area contributed by atoms with Crippen LogP contribution in [-0.4, -0.2) is 36.8 Å². The van der Waals surface area contributed by atoms with Gasteiger partial charge in [-0.25, -0.2) is 0 Å². The average Bonchev–Trinajstić information content (AvgIpc) is 1.57. The van der Waals surface area contributed by atoms with Gasteiger partial charge in [0.15, 0.2) is 0 Å². The van der Waals surface area contributed by atoms with Gasteiger partial charge in [0.05, 0.1) is 6.54 Å². The lowest BCUT2D eigenvalue weighted by atomic mass is 10.1. The van der Waals surface area contributed by atoms with Crippen LogP contribution in [0.25, 0.3) is 0 Å². The van der Waals surface area contributed by atoms with Gasteiger partial charge in [0.25, 0.3) is 0 Å². The fourth-order valence-electron chi connectivity index (χ4n) is 0.992. The number of hydrogen-bond donors (Lipinski definition) is 1. The zero-order valence-corrected chi connectivity index (χ0v) is 5.36. The third-order valence-electron chi connectivity index (χ3n) is 1.39. The number of alkyl halides is 3. The molecule has 0 spiro atoms. The van der Waals surface area contributed by atoms with Crippen molar-refractivity contribution in [2.75, 3.05) is 19.6 Å². The van der Waals surface area contributed by atoms with Crippen LogP contribution in [0, 0.1) is 0 Å². The van der Waals surface area contributed by atoms with E-state index in [1.807, 2.05) is 0 Å². The standard InChI is InChI=1S/C5H9F3N2/c6-5(7,8)3-10-1-4(9)2-10/h4H,1-3,9H2. The maximum absolute atomic E-state index is 11.6. The van der Waals surface area contributed by atoms with Crippen molar-refractivity contribution >= 4 is 0 Å². The summed E-state index contributed by atoms with van der Waals surface area (Å²) in [6.45, 7) is -0.0697. The second kappa shape index (κ2) is 2.39. The van der Waals surface area contributed by atoms with E-state index in [2.05, 4.69) is 0 Å². The molecule has 0 bridgehead atoms. The average molecular weight is 154 g/mol. The molecular weight excluding hydrogens is 145 g/mol. The van der Waals surface area contributed by atoms with Gasteiger partial charge >= 0.3 is 6.18 Å². The first-order valence-electron chi connectivity index (χ1n) is 3.02. The van der Waals surface area contributed by atoms with E-state index in [-0.39, 0.29) is 6.04 Å². The zero-order valence-electron chi connectivity index (χ0n) is 5.36. The van der Waals surface area contributed by atoms with Crippen molar-refractivity contribution in [1.29, 1.82) is 0 Å². The summed E-state index contributed by atoms with van der Waals surface area (Å²) in [6, 6.07) is -0.0534. The minimum atomic E-state index is -4.07. The molecule has 1 rings (SSSR count). The summed E-state index contributed by atoms with van der Waals surface area (Å²) in [7, 11) is 0. The molecule has 0 aromatic rings. The van der Waals surface area contributed by atoms with Crippen molar-refractivity contribution in [1.82, 2.24) is 4.90 Å². The van der Waals surface area contributed by atoms with Gasteiger partial charge in [-0.15, -0.1) is 0 Å². The maximum atomic E-state index is 11.6. The highest BCUT2D eigenvalue weighted by atomic mass is 19.4. The van der Waals surface area contributed by atoms with Crippen LogP contribution < -0.4 is 5.73 Å². The molecule has 0 aromatic carbocycles. The highest BCUT2D eigenvalue weighted by Crippen LogP contribution is 2.19. The molecule has 0 amide bonds. The summed E-state index contributed by atoms with van der Waals surface area (Å²) >= 11 is 0. The molecule has 0 aliphatic carbocycles. The van der Waals surface area contributed by atoms with Gasteiger partial charge in [-0.05, 0) is 0 Å². The van der Waals surface area contributed by atoms with Gasteiger partial charge in [0, 0.05) is 19.1 Å². The lowest BCUT2D eigenvalue weighted by Crippen LogP contribution is -2.57. The number of hydrogen-bond acceptors (Lipinski definition) is 2. The van der Waals surface area contributed by atoms with Crippen LogP contribution in [0.5, 0.6) is 0 Å². The molecule has 1 fully saturated rings. The van der Waals surface area contributed by atoms with Crippen LogP contribution in [0.1, 0.15) is 0 Å². The van der Waals surface area contributed by atoms with Crippen LogP contribution in [0.3, 0.4) is 0 Å². The van der Waals surface area contributed by atoms with Gasteiger partial charge in [-0.1, -0.05) is 0 Å². The van der Waals surface area contributed by atoms with Crippen molar-refractivity contribution in [2.24, 2.45) is 5.73 Å². The van der Waals surface area contributed by atoms with E-state index in [1.54, 1.807) is 0 Å². The number of nitrogens with zero attached hydrogens (tertiary/aromatic N) is 1. The Balaban J connectivity index is 2.16. The predicted molar refractivity (Wildman–Crippen MR) is 30.5 cm³/mol. The van der Waals surface area contributed by atoms with Crippen molar-refractivity contribution in [3.63, 3.8) is 0 Å². The summed E-state index contributed by atoms with van der Waals surface area (Å²) in [5.74, 6) is 0.